The number of nitrogen functional groups attached to an aromatic ring is 1. The number of fused-ring (bicyclic) bond motifs is 1. The summed E-state index contributed by atoms with van der Waals surface area (Å²) in [6.45, 7) is -0.543. The summed E-state index contributed by atoms with van der Waals surface area (Å²) >= 11 is 5.89. The molecule has 2 amide bonds. The number of nitrogens with zero attached hydrogens (tertiary/aromatic N) is 2. The summed E-state index contributed by atoms with van der Waals surface area (Å²) in [6, 6.07) is 4.44. The zero-order valence-electron chi connectivity index (χ0n) is 19.1. The lowest BCUT2D eigenvalue weighted by Gasteiger charge is -2.33. The number of hydrogen-bond donors (Lipinski definition) is 2. The van der Waals surface area contributed by atoms with E-state index in [0.29, 0.717) is 24.8 Å². The van der Waals surface area contributed by atoms with Gasteiger partial charge in [-0.15, -0.1) is 0 Å². The smallest absolute Gasteiger partial charge is 0.412 e. The summed E-state index contributed by atoms with van der Waals surface area (Å²) in [7, 11) is 1.20. The van der Waals surface area contributed by atoms with Gasteiger partial charge >= 0.3 is 12.1 Å². The molecule has 12 heteroatoms. The largest absolute Gasteiger partial charge is 0.456 e. The molecule has 36 heavy (non-hydrogen) atoms. The third-order valence-electron chi connectivity index (χ3n) is 6.08. The first kappa shape index (κ1) is 25.1. The highest BCUT2D eigenvalue weighted by Crippen LogP contribution is 2.39. The fraction of sp³-hybridized carbons (Fsp3) is 0.292. The lowest BCUT2D eigenvalue weighted by atomic mass is 9.92. The molecule has 2 aromatic rings. The number of anilines is 2. The highest BCUT2D eigenvalue weighted by Gasteiger charge is 2.44. The minimum absolute atomic E-state index is 0.0912. The summed E-state index contributed by atoms with van der Waals surface area (Å²) < 4.78 is 24.3. The molecular formula is C24H22ClFN4O6. The molecule has 0 bridgehead atoms. The van der Waals surface area contributed by atoms with E-state index in [-0.39, 0.29) is 33.7 Å². The Hall–Kier alpha value is -3.99. The van der Waals surface area contributed by atoms with Crippen LogP contribution in [-0.2, 0) is 19.1 Å². The van der Waals surface area contributed by atoms with Gasteiger partial charge in [-0.3, -0.25) is 14.9 Å². The highest BCUT2D eigenvalue weighted by molar-refractivity contribution is 6.31. The normalized spacial score (nSPS) is 18.8. The SMILES string of the molecule is COC(=O)Nc1ccc(C(=O)COC(=O)[C@@H]2CCC3CC(c4c(N)ccc(Cl)c4F)=CC(=O)N32)cn1. The average molecular weight is 517 g/mol. The van der Waals surface area contributed by atoms with E-state index in [1.54, 1.807) is 0 Å². The Kier molecular flexibility index (Phi) is 7.20. The van der Waals surface area contributed by atoms with Gasteiger partial charge in [0.05, 0.1) is 12.1 Å². The number of ketones is 1. The summed E-state index contributed by atoms with van der Waals surface area (Å²) in [4.78, 5) is 54.6. The van der Waals surface area contributed by atoms with Crippen molar-refractivity contribution in [2.75, 3.05) is 24.8 Å². The van der Waals surface area contributed by atoms with Gasteiger partial charge in [-0.05, 0) is 49.1 Å². The minimum atomic E-state index is -0.862. The number of benzene rings is 1. The van der Waals surface area contributed by atoms with E-state index < -0.39 is 42.2 Å². The first-order chi connectivity index (χ1) is 17.2. The first-order valence-electron chi connectivity index (χ1n) is 11.0. The third-order valence-corrected chi connectivity index (χ3v) is 6.37. The van der Waals surface area contributed by atoms with Gasteiger partial charge < -0.3 is 20.1 Å². The predicted molar refractivity (Wildman–Crippen MR) is 128 cm³/mol. The second-order valence-electron chi connectivity index (χ2n) is 8.27. The number of esters is 1. The van der Waals surface area contributed by atoms with Crippen LogP contribution in [0.4, 0.5) is 20.7 Å². The second-order valence-corrected chi connectivity index (χ2v) is 8.68. The Bertz CT molecular complexity index is 1270. The van der Waals surface area contributed by atoms with Gasteiger partial charge in [0, 0.05) is 35.1 Å². The molecule has 3 heterocycles. The average Bonchev–Trinajstić information content (AvgIpc) is 3.30. The summed E-state index contributed by atoms with van der Waals surface area (Å²) in [5.41, 5.74) is 6.78. The fourth-order valence-electron chi connectivity index (χ4n) is 4.36. The fourth-order valence-corrected chi connectivity index (χ4v) is 4.51. The number of carbonyl (C=O) groups is 4. The van der Waals surface area contributed by atoms with E-state index in [1.165, 1.54) is 48.5 Å². The molecule has 1 fully saturated rings. The number of pyridine rings is 1. The first-order valence-corrected chi connectivity index (χ1v) is 11.3. The Morgan fingerprint density at radius 1 is 1.25 bits per heavy atom. The number of nitrogens with one attached hydrogen (secondary N) is 1. The van der Waals surface area contributed by atoms with E-state index in [0.717, 1.165) is 0 Å². The van der Waals surface area contributed by atoms with Gasteiger partial charge in [-0.1, -0.05) is 11.6 Å². The van der Waals surface area contributed by atoms with Crippen LogP contribution in [0.3, 0.4) is 0 Å². The molecule has 0 radical (unpaired) electrons. The molecular weight excluding hydrogens is 495 g/mol. The molecule has 1 saturated heterocycles. The highest BCUT2D eigenvalue weighted by atomic mass is 35.5. The molecule has 3 N–H and O–H groups in total. The molecule has 0 saturated carbocycles. The number of nitrogens with two attached hydrogens (primary N) is 1. The van der Waals surface area contributed by atoms with Gasteiger partial charge in [0.2, 0.25) is 11.7 Å². The standard InChI is InChI=1S/C24H22ClFN4O6/c1-35-24(34)29-19-7-2-12(10-28-19)18(31)11-36-23(33)17-6-3-14-8-13(9-20(32)30(14)17)21-16(27)5-4-15(25)22(21)26/h2,4-5,7,9-10,14,17H,3,6,8,11,27H2,1H3,(H,28,29,34)/t14?,17-/m0/s1. The monoisotopic (exact) mass is 516 g/mol. The zero-order valence-corrected chi connectivity index (χ0v) is 19.9. The van der Waals surface area contributed by atoms with Crippen molar-refractivity contribution in [2.45, 2.75) is 31.3 Å². The Balaban J connectivity index is 1.39. The molecule has 10 nitrogen and oxygen atoms in total. The number of carbonyl (C=O) groups excluding carboxylic acids is 4. The lowest BCUT2D eigenvalue weighted by molar-refractivity contribution is -0.152. The van der Waals surface area contributed by atoms with Crippen LogP contribution in [0, 0.1) is 5.82 Å². The molecule has 0 aliphatic carbocycles. The molecule has 2 aliphatic heterocycles. The number of rotatable bonds is 6. The lowest BCUT2D eigenvalue weighted by Crippen LogP contribution is -2.47. The number of hydrogen-bond acceptors (Lipinski definition) is 8. The van der Waals surface area contributed by atoms with Crippen molar-refractivity contribution in [2.24, 2.45) is 0 Å². The van der Waals surface area contributed by atoms with Crippen LogP contribution >= 0.6 is 11.6 Å². The molecule has 2 atom stereocenters. The van der Waals surface area contributed by atoms with Crippen molar-refractivity contribution < 1.29 is 33.0 Å². The number of methoxy groups -OCH3 is 1. The van der Waals surface area contributed by atoms with Crippen molar-refractivity contribution in [1.29, 1.82) is 0 Å². The van der Waals surface area contributed by atoms with Crippen molar-refractivity contribution in [3.8, 4) is 0 Å². The Morgan fingerprint density at radius 2 is 2.03 bits per heavy atom. The Labute approximate surface area is 210 Å². The van der Waals surface area contributed by atoms with Gasteiger partial charge in [0.15, 0.2) is 12.4 Å². The van der Waals surface area contributed by atoms with Crippen molar-refractivity contribution in [3.05, 3.63) is 58.5 Å². The van der Waals surface area contributed by atoms with Crippen LogP contribution in [0.15, 0.2) is 36.5 Å². The van der Waals surface area contributed by atoms with E-state index in [2.05, 4.69) is 15.0 Å². The minimum Gasteiger partial charge on any atom is -0.456 e. The predicted octanol–water partition coefficient (Wildman–Crippen LogP) is 3.21. The van der Waals surface area contributed by atoms with Gasteiger partial charge in [-0.2, -0.15) is 0 Å². The molecule has 4 rings (SSSR count). The van der Waals surface area contributed by atoms with Crippen LogP contribution in [-0.4, -0.2) is 59.4 Å². The van der Waals surface area contributed by atoms with Gasteiger partial charge in [0.1, 0.15) is 11.9 Å². The van der Waals surface area contributed by atoms with Crippen molar-refractivity contribution in [3.63, 3.8) is 0 Å². The zero-order chi connectivity index (χ0) is 26.0. The van der Waals surface area contributed by atoms with Crippen LogP contribution in [0.2, 0.25) is 5.02 Å². The maximum Gasteiger partial charge on any atom is 0.412 e. The van der Waals surface area contributed by atoms with E-state index in [9.17, 15) is 23.6 Å². The summed E-state index contributed by atoms with van der Waals surface area (Å²) in [5, 5.41) is 2.25. The van der Waals surface area contributed by atoms with Gasteiger partial charge in [-0.25, -0.2) is 19.0 Å². The number of ether oxygens (including phenoxy) is 2. The summed E-state index contributed by atoms with van der Waals surface area (Å²) in [5.74, 6) is -2.19. The molecule has 0 spiro atoms. The molecule has 2 aliphatic rings. The van der Waals surface area contributed by atoms with Crippen LogP contribution in [0.1, 0.15) is 35.2 Å². The van der Waals surface area contributed by atoms with Crippen LogP contribution in [0.5, 0.6) is 0 Å². The van der Waals surface area contributed by atoms with E-state index >= 15 is 0 Å². The van der Waals surface area contributed by atoms with Crippen LogP contribution in [0.25, 0.3) is 5.57 Å². The van der Waals surface area contributed by atoms with E-state index in [1.807, 2.05) is 0 Å². The molecule has 1 aromatic heterocycles. The summed E-state index contributed by atoms with van der Waals surface area (Å²) in [6.07, 6.45) is 2.92. The number of aromatic nitrogens is 1. The Morgan fingerprint density at radius 3 is 2.72 bits per heavy atom. The number of halogens is 2. The van der Waals surface area contributed by atoms with Gasteiger partial charge in [0.25, 0.3) is 0 Å². The topological polar surface area (TPSA) is 141 Å². The number of Topliss-reactive ketones (excluding diaryl/α,β-unsaturated/α-hetero) is 1. The maximum atomic E-state index is 14.6. The molecule has 188 valence electrons. The van der Waals surface area contributed by atoms with E-state index in [4.69, 9.17) is 22.1 Å². The van der Waals surface area contributed by atoms with Crippen molar-refractivity contribution >= 4 is 52.4 Å². The quantitative estimate of drug-likeness (QED) is 0.339. The number of amides is 2. The third kappa shape index (κ3) is 5.01. The maximum absolute atomic E-state index is 14.6. The van der Waals surface area contributed by atoms with Crippen molar-refractivity contribution in [1.82, 2.24) is 9.88 Å². The second kappa shape index (κ2) is 10.3. The molecule has 1 aromatic carbocycles. The molecule has 1 unspecified atom stereocenters. The van der Waals surface area contributed by atoms with Crippen LogP contribution < -0.4 is 11.1 Å².